The van der Waals surface area contributed by atoms with Crippen LogP contribution in [-0.4, -0.2) is 11.2 Å². The van der Waals surface area contributed by atoms with Gasteiger partial charge in [-0.15, -0.1) is 0 Å². The average molecular weight is 292 g/mol. The Morgan fingerprint density at radius 3 is 2.50 bits per heavy atom. The first-order chi connectivity index (χ1) is 9.51. The molecule has 0 fully saturated rings. The first-order valence-corrected chi connectivity index (χ1v) is 6.06. The predicted molar refractivity (Wildman–Crippen MR) is 74.7 cm³/mol. The van der Waals surface area contributed by atoms with E-state index in [0.29, 0.717) is 33.9 Å². The van der Waals surface area contributed by atoms with Gasteiger partial charge in [-0.1, -0.05) is 11.6 Å². The fraction of sp³-hybridized carbons (Fsp3) is 0.0714. The molecule has 0 radical (unpaired) electrons. The third-order valence-electron chi connectivity index (χ3n) is 2.69. The van der Waals surface area contributed by atoms with Gasteiger partial charge in [0.15, 0.2) is 6.29 Å². The van der Waals surface area contributed by atoms with Crippen LogP contribution in [0.2, 0.25) is 5.02 Å². The molecule has 2 aromatic rings. The first-order valence-electron chi connectivity index (χ1n) is 5.69. The number of nitro groups is 1. The average Bonchev–Trinajstić information content (AvgIpc) is 2.42. The molecule has 102 valence electrons. The normalized spacial score (nSPS) is 10.1. The highest BCUT2D eigenvalue weighted by atomic mass is 35.5. The molecule has 0 aliphatic carbocycles. The van der Waals surface area contributed by atoms with Crippen LogP contribution in [0.5, 0.6) is 11.5 Å². The molecule has 5 nitrogen and oxygen atoms in total. The number of hydrogen-bond donors (Lipinski definition) is 0. The van der Waals surface area contributed by atoms with Gasteiger partial charge in [0.2, 0.25) is 0 Å². The monoisotopic (exact) mass is 291 g/mol. The Balaban J connectivity index is 2.35. The smallest absolute Gasteiger partial charge is 0.269 e. The fourth-order valence-electron chi connectivity index (χ4n) is 1.68. The van der Waals surface area contributed by atoms with Gasteiger partial charge in [0.1, 0.15) is 11.5 Å². The highest BCUT2D eigenvalue weighted by molar-refractivity contribution is 6.30. The van der Waals surface area contributed by atoms with Crippen LogP contribution < -0.4 is 4.74 Å². The molecular formula is C14H10ClNO4. The minimum Gasteiger partial charge on any atom is -0.456 e. The number of carbonyl (C=O) groups excluding carboxylic acids is 1. The second-order valence-corrected chi connectivity index (χ2v) is 4.55. The number of hydrogen-bond acceptors (Lipinski definition) is 4. The molecular weight excluding hydrogens is 282 g/mol. The number of benzene rings is 2. The summed E-state index contributed by atoms with van der Waals surface area (Å²) in [5.41, 5.74) is 0.905. The second kappa shape index (κ2) is 5.71. The topological polar surface area (TPSA) is 69.4 Å². The van der Waals surface area contributed by atoms with Gasteiger partial charge in [0.25, 0.3) is 5.69 Å². The standard InChI is InChI=1S/C14H10ClNO4/c1-9-6-12(16(18)19)3-5-13(9)20-14-4-2-11(15)7-10(14)8-17/h2-8H,1H3. The molecule has 0 spiro atoms. The van der Waals surface area contributed by atoms with Gasteiger partial charge in [0, 0.05) is 17.2 Å². The van der Waals surface area contributed by atoms with E-state index in [9.17, 15) is 14.9 Å². The number of carbonyl (C=O) groups is 1. The van der Waals surface area contributed by atoms with Crippen LogP contribution in [0.3, 0.4) is 0 Å². The van der Waals surface area contributed by atoms with Crippen molar-refractivity contribution < 1.29 is 14.5 Å². The Bertz CT molecular complexity index is 685. The molecule has 20 heavy (non-hydrogen) atoms. The van der Waals surface area contributed by atoms with Crippen molar-refractivity contribution >= 4 is 23.6 Å². The SMILES string of the molecule is Cc1cc([N+](=O)[O-])ccc1Oc1ccc(Cl)cc1C=O. The number of aryl methyl sites for hydroxylation is 1. The Morgan fingerprint density at radius 2 is 1.90 bits per heavy atom. The fourth-order valence-corrected chi connectivity index (χ4v) is 1.87. The maximum absolute atomic E-state index is 11.0. The van der Waals surface area contributed by atoms with E-state index in [-0.39, 0.29) is 5.69 Å². The third-order valence-corrected chi connectivity index (χ3v) is 2.92. The van der Waals surface area contributed by atoms with Gasteiger partial charge in [-0.2, -0.15) is 0 Å². The van der Waals surface area contributed by atoms with Crippen LogP contribution >= 0.6 is 11.6 Å². The Morgan fingerprint density at radius 1 is 1.20 bits per heavy atom. The number of halogens is 1. The van der Waals surface area contributed by atoms with Crippen LogP contribution in [0.15, 0.2) is 36.4 Å². The summed E-state index contributed by atoms with van der Waals surface area (Å²) in [5.74, 6) is 0.794. The number of nitrogens with zero attached hydrogens (tertiary/aromatic N) is 1. The molecule has 2 rings (SSSR count). The number of non-ortho nitro benzene ring substituents is 1. The number of rotatable bonds is 4. The van der Waals surface area contributed by atoms with E-state index < -0.39 is 4.92 Å². The quantitative estimate of drug-likeness (QED) is 0.482. The zero-order valence-corrected chi connectivity index (χ0v) is 11.3. The molecule has 0 heterocycles. The number of ether oxygens (including phenoxy) is 1. The van der Waals surface area contributed by atoms with E-state index >= 15 is 0 Å². The Hall–Kier alpha value is -2.40. The minimum atomic E-state index is -0.476. The van der Waals surface area contributed by atoms with Crippen molar-refractivity contribution in [1.29, 1.82) is 0 Å². The van der Waals surface area contributed by atoms with Crippen molar-refractivity contribution in [2.24, 2.45) is 0 Å². The van der Waals surface area contributed by atoms with Crippen LogP contribution in [-0.2, 0) is 0 Å². The maximum atomic E-state index is 11.0. The van der Waals surface area contributed by atoms with E-state index in [1.165, 1.54) is 24.3 Å². The van der Waals surface area contributed by atoms with Crippen LogP contribution in [0, 0.1) is 17.0 Å². The molecule has 0 bridgehead atoms. The first kappa shape index (κ1) is 14.0. The van der Waals surface area contributed by atoms with Crippen molar-refractivity contribution in [3.8, 4) is 11.5 Å². The van der Waals surface area contributed by atoms with E-state index in [0.717, 1.165) is 0 Å². The van der Waals surface area contributed by atoms with E-state index in [1.807, 2.05) is 0 Å². The molecule has 0 N–H and O–H groups in total. The molecule has 0 saturated heterocycles. The molecule has 6 heteroatoms. The summed E-state index contributed by atoms with van der Waals surface area (Å²) < 4.78 is 5.61. The minimum absolute atomic E-state index is 0.0124. The highest BCUT2D eigenvalue weighted by Crippen LogP contribution is 2.30. The molecule has 2 aromatic carbocycles. The molecule has 0 amide bonds. The van der Waals surface area contributed by atoms with Gasteiger partial charge in [-0.3, -0.25) is 14.9 Å². The zero-order valence-electron chi connectivity index (χ0n) is 10.5. The van der Waals surface area contributed by atoms with E-state index in [4.69, 9.17) is 16.3 Å². The Labute approximate surface area is 119 Å². The van der Waals surface area contributed by atoms with E-state index in [1.54, 1.807) is 19.1 Å². The maximum Gasteiger partial charge on any atom is 0.269 e. The van der Waals surface area contributed by atoms with Gasteiger partial charge in [-0.05, 0) is 36.8 Å². The summed E-state index contributed by atoms with van der Waals surface area (Å²) in [6, 6.07) is 8.92. The summed E-state index contributed by atoms with van der Waals surface area (Å²) in [4.78, 5) is 21.2. The van der Waals surface area contributed by atoms with Gasteiger partial charge < -0.3 is 4.74 Å². The lowest BCUT2D eigenvalue weighted by Crippen LogP contribution is -1.94. The Kier molecular flexibility index (Phi) is 4.00. The zero-order chi connectivity index (χ0) is 14.7. The summed E-state index contributed by atoms with van der Waals surface area (Å²) >= 11 is 5.80. The summed E-state index contributed by atoms with van der Waals surface area (Å²) in [5, 5.41) is 11.1. The lowest BCUT2D eigenvalue weighted by atomic mass is 10.2. The largest absolute Gasteiger partial charge is 0.456 e. The van der Waals surface area contributed by atoms with Crippen molar-refractivity contribution in [2.45, 2.75) is 6.92 Å². The molecule has 0 saturated carbocycles. The summed E-state index contributed by atoms with van der Waals surface area (Å²) in [7, 11) is 0. The molecule has 0 unspecified atom stereocenters. The van der Waals surface area contributed by atoms with Crippen LogP contribution in [0.1, 0.15) is 15.9 Å². The van der Waals surface area contributed by atoms with Crippen LogP contribution in [0.4, 0.5) is 5.69 Å². The molecule has 0 atom stereocenters. The molecule has 0 aliphatic rings. The van der Waals surface area contributed by atoms with Crippen molar-refractivity contribution in [2.75, 3.05) is 0 Å². The van der Waals surface area contributed by atoms with Crippen molar-refractivity contribution in [3.63, 3.8) is 0 Å². The van der Waals surface area contributed by atoms with Crippen LogP contribution in [0.25, 0.3) is 0 Å². The summed E-state index contributed by atoms with van der Waals surface area (Å²) in [6.45, 7) is 1.69. The van der Waals surface area contributed by atoms with E-state index in [2.05, 4.69) is 0 Å². The van der Waals surface area contributed by atoms with Crippen molar-refractivity contribution in [1.82, 2.24) is 0 Å². The third kappa shape index (κ3) is 2.95. The van der Waals surface area contributed by atoms with Crippen molar-refractivity contribution in [3.05, 3.63) is 62.7 Å². The second-order valence-electron chi connectivity index (χ2n) is 4.11. The molecule has 0 aliphatic heterocycles. The highest BCUT2D eigenvalue weighted by Gasteiger charge is 2.11. The van der Waals surface area contributed by atoms with Gasteiger partial charge in [0.05, 0.1) is 10.5 Å². The lowest BCUT2D eigenvalue weighted by molar-refractivity contribution is -0.384. The predicted octanol–water partition coefficient (Wildman–Crippen LogP) is 4.16. The van der Waals surface area contributed by atoms with Gasteiger partial charge in [-0.25, -0.2) is 0 Å². The van der Waals surface area contributed by atoms with Gasteiger partial charge >= 0.3 is 0 Å². The lowest BCUT2D eigenvalue weighted by Gasteiger charge is -2.10. The molecule has 0 aromatic heterocycles. The number of nitro benzene ring substituents is 1. The summed E-state index contributed by atoms with van der Waals surface area (Å²) in [6.07, 6.45) is 0.641. The number of aldehydes is 1.